The molecule has 36 heavy (non-hydrogen) atoms. The van der Waals surface area contributed by atoms with Crippen LogP contribution in [-0.4, -0.2) is 5.11 Å². The largest absolute Gasteiger partial charge is 0.376 e. The van der Waals surface area contributed by atoms with Gasteiger partial charge in [-0.25, -0.2) is 0 Å². The molecule has 6 rings (SSSR count). The summed E-state index contributed by atoms with van der Waals surface area (Å²) >= 11 is 7.22. The molecular weight excluding hydrogens is 574 g/mol. The molecule has 0 fully saturated rings. The summed E-state index contributed by atoms with van der Waals surface area (Å²) in [6.07, 6.45) is 0. The minimum atomic E-state index is -1.25. The van der Waals surface area contributed by atoms with Crippen molar-refractivity contribution >= 4 is 48.9 Å². The number of aryl methyl sites for hydroxylation is 1. The van der Waals surface area contributed by atoms with Crippen molar-refractivity contribution in [3.8, 4) is 11.1 Å². The zero-order valence-corrected chi connectivity index (χ0v) is 22.8. The first-order chi connectivity index (χ1) is 17.4. The lowest BCUT2D eigenvalue weighted by Crippen LogP contribution is -2.26. The second-order valence-electron chi connectivity index (χ2n) is 9.14. The molecule has 5 aromatic carbocycles. The quantitative estimate of drug-likeness (QED) is 0.223. The SMILES string of the molecule is Cc1ccc(N(c2ccccc2)c2ccc(C3(O)c4cc(Br)ccc4-c4ccc(Br)cc43)cc2)cc1. The van der Waals surface area contributed by atoms with Crippen LogP contribution in [0.4, 0.5) is 17.1 Å². The molecular formula is C32H23Br2NO. The van der Waals surface area contributed by atoms with Crippen molar-refractivity contribution in [1.82, 2.24) is 0 Å². The lowest BCUT2D eigenvalue weighted by Gasteiger charge is -2.29. The van der Waals surface area contributed by atoms with Gasteiger partial charge in [-0.05, 0) is 84.3 Å². The summed E-state index contributed by atoms with van der Waals surface area (Å²) in [5.74, 6) is 0. The van der Waals surface area contributed by atoms with Crippen molar-refractivity contribution in [3.05, 3.63) is 146 Å². The van der Waals surface area contributed by atoms with Gasteiger partial charge in [0.15, 0.2) is 0 Å². The van der Waals surface area contributed by atoms with E-state index < -0.39 is 5.60 Å². The van der Waals surface area contributed by atoms with E-state index in [-0.39, 0.29) is 0 Å². The molecule has 0 aliphatic heterocycles. The Bertz CT molecular complexity index is 1510. The summed E-state index contributed by atoms with van der Waals surface area (Å²) in [4.78, 5) is 2.23. The van der Waals surface area contributed by atoms with E-state index in [1.165, 1.54) is 5.56 Å². The lowest BCUT2D eigenvalue weighted by atomic mass is 9.84. The van der Waals surface area contributed by atoms with Gasteiger partial charge in [0.2, 0.25) is 0 Å². The Labute approximate surface area is 228 Å². The predicted octanol–water partition coefficient (Wildman–Crippen LogP) is 9.25. The van der Waals surface area contributed by atoms with Gasteiger partial charge in [0.05, 0.1) is 0 Å². The van der Waals surface area contributed by atoms with Crippen LogP contribution in [0.25, 0.3) is 11.1 Å². The number of nitrogens with zero attached hydrogens (tertiary/aromatic N) is 1. The van der Waals surface area contributed by atoms with Crippen LogP contribution in [0.2, 0.25) is 0 Å². The maximum atomic E-state index is 12.4. The zero-order chi connectivity index (χ0) is 24.9. The van der Waals surface area contributed by atoms with Crippen molar-refractivity contribution in [3.63, 3.8) is 0 Å². The summed E-state index contributed by atoms with van der Waals surface area (Å²) in [6, 6.07) is 39.4. The van der Waals surface area contributed by atoms with Crippen molar-refractivity contribution < 1.29 is 5.11 Å². The Morgan fingerprint density at radius 1 is 0.583 bits per heavy atom. The van der Waals surface area contributed by atoms with Crippen molar-refractivity contribution in [2.45, 2.75) is 12.5 Å². The molecule has 0 saturated heterocycles. The molecule has 0 aromatic heterocycles. The number of benzene rings is 5. The Morgan fingerprint density at radius 3 is 1.58 bits per heavy atom. The molecule has 0 heterocycles. The Balaban J connectivity index is 1.49. The van der Waals surface area contributed by atoms with E-state index >= 15 is 0 Å². The third kappa shape index (κ3) is 3.81. The Kier molecular flexibility index (Phi) is 5.83. The number of hydrogen-bond donors (Lipinski definition) is 1. The smallest absolute Gasteiger partial charge is 0.141 e. The maximum absolute atomic E-state index is 12.4. The highest BCUT2D eigenvalue weighted by molar-refractivity contribution is 9.10. The molecule has 0 bridgehead atoms. The van der Waals surface area contributed by atoms with Gasteiger partial charge in [-0.3, -0.25) is 0 Å². The summed E-state index contributed by atoms with van der Waals surface area (Å²) in [6.45, 7) is 2.10. The number of aliphatic hydroxyl groups is 1. The third-order valence-electron chi connectivity index (χ3n) is 6.88. The van der Waals surface area contributed by atoms with Crippen LogP contribution in [0.15, 0.2) is 124 Å². The molecule has 1 aliphatic carbocycles. The van der Waals surface area contributed by atoms with E-state index in [2.05, 4.69) is 116 Å². The molecule has 0 spiro atoms. The molecule has 0 radical (unpaired) electrons. The van der Waals surface area contributed by atoms with Gasteiger partial charge in [-0.2, -0.15) is 0 Å². The summed E-state index contributed by atoms with van der Waals surface area (Å²) in [7, 11) is 0. The highest BCUT2D eigenvalue weighted by Crippen LogP contribution is 2.52. The Morgan fingerprint density at radius 2 is 1.06 bits per heavy atom. The first-order valence-electron chi connectivity index (χ1n) is 11.8. The van der Waals surface area contributed by atoms with Gasteiger partial charge >= 0.3 is 0 Å². The minimum absolute atomic E-state index is 0.833. The minimum Gasteiger partial charge on any atom is -0.376 e. The molecule has 1 aliphatic rings. The fourth-order valence-corrected chi connectivity index (χ4v) is 5.85. The predicted molar refractivity (Wildman–Crippen MR) is 155 cm³/mol. The highest BCUT2D eigenvalue weighted by atomic mass is 79.9. The van der Waals surface area contributed by atoms with Gasteiger partial charge < -0.3 is 10.0 Å². The number of hydrogen-bond acceptors (Lipinski definition) is 2. The first kappa shape index (κ1) is 23.2. The van der Waals surface area contributed by atoms with E-state index in [1.54, 1.807) is 0 Å². The fraction of sp³-hybridized carbons (Fsp3) is 0.0625. The summed E-state index contributed by atoms with van der Waals surface area (Å²) in [5.41, 5.74) is 7.87. The number of halogens is 2. The van der Waals surface area contributed by atoms with Crippen molar-refractivity contribution in [2.75, 3.05) is 4.90 Å². The molecule has 5 aromatic rings. The number of anilines is 3. The Hall–Kier alpha value is -3.18. The summed E-state index contributed by atoms with van der Waals surface area (Å²) < 4.78 is 1.88. The standard InChI is InChI=1S/C32H23Br2NO/c1-21-7-13-26(14-8-21)35(25-5-3-2-4-6-25)27-15-9-22(10-16-27)32(36)30-19-23(33)11-17-28(30)29-18-12-24(34)20-31(29)32/h2-20,36H,1H3. The van der Waals surface area contributed by atoms with Crippen LogP contribution in [0.3, 0.4) is 0 Å². The molecule has 0 atom stereocenters. The number of para-hydroxylation sites is 1. The van der Waals surface area contributed by atoms with Crippen LogP contribution in [0.5, 0.6) is 0 Å². The molecule has 0 unspecified atom stereocenters. The van der Waals surface area contributed by atoms with Crippen molar-refractivity contribution in [2.24, 2.45) is 0 Å². The zero-order valence-electron chi connectivity index (χ0n) is 19.6. The van der Waals surface area contributed by atoms with Crippen LogP contribution < -0.4 is 4.90 Å². The van der Waals surface area contributed by atoms with Gasteiger partial charge in [-0.15, -0.1) is 0 Å². The monoisotopic (exact) mass is 595 g/mol. The van der Waals surface area contributed by atoms with E-state index in [0.29, 0.717) is 0 Å². The van der Waals surface area contributed by atoms with E-state index in [0.717, 1.165) is 53.8 Å². The summed E-state index contributed by atoms with van der Waals surface area (Å²) in [5, 5.41) is 12.4. The lowest BCUT2D eigenvalue weighted by molar-refractivity contribution is 0.130. The van der Waals surface area contributed by atoms with E-state index in [4.69, 9.17) is 0 Å². The van der Waals surface area contributed by atoms with Crippen LogP contribution in [0, 0.1) is 6.92 Å². The van der Waals surface area contributed by atoms with Crippen LogP contribution in [0.1, 0.15) is 22.3 Å². The van der Waals surface area contributed by atoms with Gasteiger partial charge in [0, 0.05) is 37.1 Å². The second-order valence-corrected chi connectivity index (χ2v) is 11.0. The topological polar surface area (TPSA) is 23.5 Å². The average Bonchev–Trinajstić information content (AvgIpc) is 3.14. The van der Waals surface area contributed by atoms with Crippen LogP contribution in [-0.2, 0) is 5.60 Å². The van der Waals surface area contributed by atoms with E-state index in [1.807, 2.05) is 42.5 Å². The number of fused-ring (bicyclic) bond motifs is 3. The second kappa shape index (κ2) is 9.04. The molecule has 1 N–H and O–H groups in total. The molecule has 4 heteroatoms. The normalized spacial score (nSPS) is 13.2. The van der Waals surface area contributed by atoms with Gasteiger partial charge in [0.1, 0.15) is 5.60 Å². The fourth-order valence-electron chi connectivity index (χ4n) is 5.13. The molecule has 176 valence electrons. The molecule has 2 nitrogen and oxygen atoms in total. The number of rotatable bonds is 4. The van der Waals surface area contributed by atoms with E-state index in [9.17, 15) is 5.11 Å². The third-order valence-corrected chi connectivity index (χ3v) is 7.87. The highest BCUT2D eigenvalue weighted by Gasteiger charge is 2.43. The first-order valence-corrected chi connectivity index (χ1v) is 13.4. The van der Waals surface area contributed by atoms with Crippen LogP contribution >= 0.6 is 31.9 Å². The molecule has 0 amide bonds. The molecule has 0 saturated carbocycles. The maximum Gasteiger partial charge on any atom is 0.141 e. The van der Waals surface area contributed by atoms with Gasteiger partial charge in [0.25, 0.3) is 0 Å². The average molecular weight is 597 g/mol. The van der Waals surface area contributed by atoms with Gasteiger partial charge in [-0.1, -0.05) is 92.0 Å². The van der Waals surface area contributed by atoms with Crippen molar-refractivity contribution in [1.29, 1.82) is 0 Å².